The van der Waals surface area contributed by atoms with Gasteiger partial charge in [0, 0.05) is 13.2 Å². The van der Waals surface area contributed by atoms with Crippen molar-refractivity contribution in [2.75, 3.05) is 13.2 Å². The number of aliphatic hydroxyl groups is 1. The predicted octanol–water partition coefficient (Wildman–Crippen LogP) is 0.299. The maximum absolute atomic E-state index is 11.6. The zero-order valence-corrected chi connectivity index (χ0v) is 8.82. The average molecular weight is 201 g/mol. The fraction of sp³-hybridized carbons (Fsp3) is 0.900. The summed E-state index contributed by atoms with van der Waals surface area (Å²) in [5.41, 5.74) is 0. The van der Waals surface area contributed by atoms with E-state index in [0.29, 0.717) is 13.2 Å². The summed E-state index contributed by atoms with van der Waals surface area (Å²) in [5.74, 6) is -0.0194. The van der Waals surface area contributed by atoms with E-state index >= 15 is 0 Å². The van der Waals surface area contributed by atoms with Crippen LogP contribution in [-0.4, -0.2) is 36.4 Å². The zero-order valence-electron chi connectivity index (χ0n) is 8.82. The summed E-state index contributed by atoms with van der Waals surface area (Å²) >= 11 is 0. The number of hydrogen-bond acceptors (Lipinski definition) is 3. The highest BCUT2D eigenvalue weighted by atomic mass is 16.5. The molecule has 14 heavy (non-hydrogen) atoms. The van der Waals surface area contributed by atoms with Crippen LogP contribution in [0.1, 0.15) is 26.7 Å². The summed E-state index contributed by atoms with van der Waals surface area (Å²) in [6.45, 7) is 4.67. The second-order valence-electron chi connectivity index (χ2n) is 3.81. The molecule has 1 heterocycles. The number of carbonyl (C=O) groups is 1. The molecule has 0 aromatic carbocycles. The summed E-state index contributed by atoms with van der Waals surface area (Å²) in [7, 11) is 0. The lowest BCUT2D eigenvalue weighted by atomic mass is 9.99. The Labute approximate surface area is 84.6 Å². The monoisotopic (exact) mass is 201 g/mol. The number of ether oxygens (including phenoxy) is 1. The first-order valence-corrected chi connectivity index (χ1v) is 5.22. The van der Waals surface area contributed by atoms with Gasteiger partial charge in [-0.1, -0.05) is 6.92 Å². The van der Waals surface area contributed by atoms with Gasteiger partial charge in [0.1, 0.15) is 0 Å². The van der Waals surface area contributed by atoms with Crippen molar-refractivity contribution in [1.82, 2.24) is 5.32 Å². The smallest absolute Gasteiger partial charge is 0.225 e. The van der Waals surface area contributed by atoms with E-state index in [2.05, 4.69) is 5.32 Å². The van der Waals surface area contributed by atoms with Crippen LogP contribution in [0.2, 0.25) is 0 Å². The minimum Gasteiger partial charge on any atom is -0.392 e. The van der Waals surface area contributed by atoms with E-state index in [1.807, 2.05) is 6.92 Å². The summed E-state index contributed by atoms with van der Waals surface area (Å²) in [5, 5.41) is 11.7. The van der Waals surface area contributed by atoms with E-state index in [-0.39, 0.29) is 17.9 Å². The van der Waals surface area contributed by atoms with Gasteiger partial charge in [-0.25, -0.2) is 0 Å². The quantitative estimate of drug-likeness (QED) is 0.687. The molecule has 0 aliphatic carbocycles. The third kappa shape index (κ3) is 2.96. The van der Waals surface area contributed by atoms with Crippen LogP contribution in [0.15, 0.2) is 0 Å². The first-order valence-electron chi connectivity index (χ1n) is 5.22. The van der Waals surface area contributed by atoms with Crippen molar-refractivity contribution in [3.05, 3.63) is 0 Å². The molecule has 0 aromatic rings. The molecule has 1 fully saturated rings. The molecule has 2 unspecified atom stereocenters. The fourth-order valence-corrected chi connectivity index (χ4v) is 1.73. The molecule has 1 aliphatic heterocycles. The van der Waals surface area contributed by atoms with Gasteiger partial charge in [-0.3, -0.25) is 4.79 Å². The summed E-state index contributed by atoms with van der Waals surface area (Å²) in [6.07, 6.45) is 1.24. The van der Waals surface area contributed by atoms with Crippen LogP contribution in [0, 0.1) is 5.92 Å². The molecule has 1 aliphatic rings. The number of nitrogens with one attached hydrogen (secondary N) is 1. The van der Waals surface area contributed by atoms with Crippen LogP contribution in [0.4, 0.5) is 0 Å². The largest absolute Gasteiger partial charge is 0.392 e. The Morgan fingerprint density at radius 2 is 2.43 bits per heavy atom. The van der Waals surface area contributed by atoms with Gasteiger partial charge < -0.3 is 15.2 Å². The maximum Gasteiger partial charge on any atom is 0.225 e. The third-order valence-electron chi connectivity index (χ3n) is 2.52. The zero-order chi connectivity index (χ0) is 10.6. The lowest BCUT2D eigenvalue weighted by Crippen LogP contribution is -2.38. The van der Waals surface area contributed by atoms with E-state index in [1.54, 1.807) is 6.92 Å². The van der Waals surface area contributed by atoms with Crippen molar-refractivity contribution in [1.29, 1.82) is 0 Å². The van der Waals surface area contributed by atoms with Gasteiger partial charge in [0.25, 0.3) is 0 Å². The molecule has 82 valence electrons. The average Bonchev–Trinajstić information content (AvgIpc) is 2.61. The van der Waals surface area contributed by atoms with E-state index in [9.17, 15) is 4.79 Å². The molecule has 1 rings (SSSR count). The van der Waals surface area contributed by atoms with Crippen LogP contribution < -0.4 is 5.32 Å². The summed E-state index contributed by atoms with van der Waals surface area (Å²) in [6, 6.07) is 0. The fourth-order valence-electron chi connectivity index (χ4n) is 1.73. The first kappa shape index (κ1) is 11.5. The van der Waals surface area contributed by atoms with E-state index < -0.39 is 6.10 Å². The van der Waals surface area contributed by atoms with Crippen molar-refractivity contribution in [3.63, 3.8) is 0 Å². The van der Waals surface area contributed by atoms with Gasteiger partial charge in [-0.05, 0) is 19.8 Å². The highest BCUT2D eigenvalue weighted by molar-refractivity contribution is 5.79. The van der Waals surface area contributed by atoms with E-state index in [0.717, 1.165) is 12.8 Å². The van der Waals surface area contributed by atoms with Crippen LogP contribution in [0.5, 0.6) is 0 Å². The normalized spacial score (nSPS) is 28.8. The van der Waals surface area contributed by atoms with Gasteiger partial charge in [-0.2, -0.15) is 0 Å². The SMILES string of the molecule is CCC1OCCC1C(=O)NC[C@H](C)O. The molecule has 4 nitrogen and oxygen atoms in total. The standard InChI is InChI=1S/C10H19NO3/c1-3-9-8(4-5-14-9)10(13)11-6-7(2)12/h7-9,12H,3-6H2,1-2H3,(H,11,13)/t7-,8?,9?/m0/s1. The lowest BCUT2D eigenvalue weighted by Gasteiger charge is -2.16. The Balaban J connectivity index is 2.35. The molecule has 1 amide bonds. The van der Waals surface area contributed by atoms with Crippen molar-refractivity contribution >= 4 is 5.91 Å². The number of rotatable bonds is 4. The second kappa shape index (κ2) is 5.32. The summed E-state index contributed by atoms with van der Waals surface area (Å²) in [4.78, 5) is 11.6. The number of amides is 1. The van der Waals surface area contributed by atoms with Crippen LogP contribution in [0.3, 0.4) is 0 Å². The molecule has 0 spiro atoms. The second-order valence-corrected chi connectivity index (χ2v) is 3.81. The Bertz CT molecular complexity index is 194. The first-order chi connectivity index (χ1) is 6.65. The van der Waals surface area contributed by atoms with Crippen molar-refractivity contribution in [2.45, 2.75) is 38.9 Å². The minimum absolute atomic E-state index is 0.00949. The van der Waals surface area contributed by atoms with Gasteiger partial charge >= 0.3 is 0 Å². The molecule has 0 radical (unpaired) electrons. The van der Waals surface area contributed by atoms with Gasteiger partial charge in [0.15, 0.2) is 0 Å². The molecule has 0 aromatic heterocycles. The number of hydrogen-bond donors (Lipinski definition) is 2. The highest BCUT2D eigenvalue weighted by Gasteiger charge is 2.32. The Morgan fingerprint density at radius 1 is 1.71 bits per heavy atom. The number of carbonyl (C=O) groups excluding carboxylic acids is 1. The summed E-state index contributed by atoms with van der Waals surface area (Å²) < 4.78 is 5.42. The van der Waals surface area contributed by atoms with Crippen molar-refractivity contribution in [3.8, 4) is 0 Å². The molecule has 2 N–H and O–H groups in total. The van der Waals surface area contributed by atoms with Gasteiger partial charge in [0.05, 0.1) is 18.1 Å². The molecular weight excluding hydrogens is 182 g/mol. The molecule has 1 saturated heterocycles. The third-order valence-corrected chi connectivity index (χ3v) is 2.52. The Morgan fingerprint density at radius 3 is 3.00 bits per heavy atom. The van der Waals surface area contributed by atoms with Gasteiger partial charge in [-0.15, -0.1) is 0 Å². The van der Waals surface area contributed by atoms with Crippen LogP contribution >= 0.6 is 0 Å². The number of aliphatic hydroxyl groups excluding tert-OH is 1. The van der Waals surface area contributed by atoms with Gasteiger partial charge in [0.2, 0.25) is 5.91 Å². The maximum atomic E-state index is 11.6. The van der Waals surface area contributed by atoms with E-state index in [4.69, 9.17) is 9.84 Å². The van der Waals surface area contributed by atoms with E-state index in [1.165, 1.54) is 0 Å². The lowest BCUT2D eigenvalue weighted by molar-refractivity contribution is -0.127. The Kier molecular flexibility index (Phi) is 4.35. The Hall–Kier alpha value is -0.610. The van der Waals surface area contributed by atoms with Crippen LogP contribution in [-0.2, 0) is 9.53 Å². The topological polar surface area (TPSA) is 58.6 Å². The molecule has 3 atom stereocenters. The molecule has 4 heteroatoms. The van der Waals surface area contributed by atoms with Crippen molar-refractivity contribution in [2.24, 2.45) is 5.92 Å². The molecule has 0 saturated carbocycles. The van der Waals surface area contributed by atoms with Crippen molar-refractivity contribution < 1.29 is 14.6 Å². The minimum atomic E-state index is -0.485. The van der Waals surface area contributed by atoms with Crippen LogP contribution in [0.25, 0.3) is 0 Å². The molecular formula is C10H19NO3. The highest BCUT2D eigenvalue weighted by Crippen LogP contribution is 2.23. The predicted molar refractivity (Wildman–Crippen MR) is 52.8 cm³/mol. The molecule has 0 bridgehead atoms.